The summed E-state index contributed by atoms with van der Waals surface area (Å²) in [6.07, 6.45) is 4.50. The van der Waals surface area contributed by atoms with E-state index in [1.54, 1.807) is 0 Å². The Morgan fingerprint density at radius 3 is 2.88 bits per heavy atom. The minimum absolute atomic E-state index is 0.119. The lowest BCUT2D eigenvalue weighted by Gasteiger charge is -2.35. The molecular formula is C12H24N2O2. The first kappa shape index (κ1) is 12.3. The fourth-order valence-electron chi connectivity index (χ4n) is 3.15. The third-order valence-corrected chi connectivity index (χ3v) is 3.95. The average Bonchev–Trinajstić information content (AvgIpc) is 2.78. The molecule has 0 aliphatic carbocycles. The second-order valence-corrected chi connectivity index (χ2v) is 5.15. The summed E-state index contributed by atoms with van der Waals surface area (Å²) in [6.45, 7) is 3.88. The maximum atomic E-state index is 9.53. The molecule has 2 saturated heterocycles. The number of likely N-dealkylation sites (tertiary alicyclic amines) is 1. The van der Waals surface area contributed by atoms with Gasteiger partial charge in [0.25, 0.3) is 0 Å². The Bertz CT molecular complexity index is 207. The molecule has 2 aliphatic rings. The van der Waals surface area contributed by atoms with E-state index in [9.17, 15) is 5.11 Å². The Morgan fingerprint density at radius 2 is 2.19 bits per heavy atom. The van der Waals surface area contributed by atoms with Gasteiger partial charge in [0, 0.05) is 12.6 Å². The molecule has 16 heavy (non-hydrogen) atoms. The SMILES string of the molecule is OCC(O)CN1CCCC1C1CCCNC1. The number of rotatable bonds is 4. The third kappa shape index (κ3) is 2.94. The first-order valence-electron chi connectivity index (χ1n) is 6.55. The minimum Gasteiger partial charge on any atom is -0.394 e. The molecule has 0 aromatic heterocycles. The summed E-state index contributed by atoms with van der Waals surface area (Å²) in [5.74, 6) is 0.738. The molecule has 0 aromatic rings. The largest absolute Gasteiger partial charge is 0.394 e. The minimum atomic E-state index is -0.572. The first-order valence-corrected chi connectivity index (χ1v) is 6.55. The van der Waals surface area contributed by atoms with Gasteiger partial charge in [-0.2, -0.15) is 0 Å². The van der Waals surface area contributed by atoms with E-state index >= 15 is 0 Å². The normalized spacial score (nSPS) is 34.1. The molecular weight excluding hydrogens is 204 g/mol. The Hall–Kier alpha value is -0.160. The van der Waals surface area contributed by atoms with Crippen LogP contribution >= 0.6 is 0 Å². The molecule has 0 saturated carbocycles. The third-order valence-electron chi connectivity index (χ3n) is 3.95. The molecule has 0 radical (unpaired) electrons. The molecule has 3 N–H and O–H groups in total. The van der Waals surface area contributed by atoms with Gasteiger partial charge < -0.3 is 15.5 Å². The van der Waals surface area contributed by atoms with Gasteiger partial charge in [-0.1, -0.05) is 0 Å². The van der Waals surface area contributed by atoms with E-state index in [1.165, 1.54) is 25.7 Å². The standard InChI is InChI=1S/C12H24N2O2/c15-9-11(16)8-14-6-2-4-12(14)10-3-1-5-13-7-10/h10-13,15-16H,1-9H2. The molecule has 2 fully saturated rings. The molecule has 4 nitrogen and oxygen atoms in total. The van der Waals surface area contributed by atoms with Gasteiger partial charge in [0.15, 0.2) is 0 Å². The summed E-state index contributed by atoms with van der Waals surface area (Å²) in [5, 5.41) is 21.9. The van der Waals surface area contributed by atoms with Gasteiger partial charge in [0.1, 0.15) is 0 Å². The van der Waals surface area contributed by atoms with Crippen LogP contribution in [0.15, 0.2) is 0 Å². The number of aliphatic hydroxyl groups excluding tert-OH is 2. The number of piperidine rings is 1. The monoisotopic (exact) mass is 228 g/mol. The number of β-amino-alcohol motifs (C(OH)–C–C–N with tert-alkyl or cyclic N) is 1. The zero-order valence-corrected chi connectivity index (χ0v) is 9.94. The smallest absolute Gasteiger partial charge is 0.0897 e. The fraction of sp³-hybridized carbons (Fsp3) is 1.00. The number of hydrogen-bond donors (Lipinski definition) is 3. The van der Waals surface area contributed by atoms with Gasteiger partial charge in [0.2, 0.25) is 0 Å². The lowest BCUT2D eigenvalue weighted by atomic mass is 9.90. The molecule has 0 amide bonds. The van der Waals surface area contributed by atoms with Crippen molar-refractivity contribution in [2.75, 3.05) is 32.8 Å². The van der Waals surface area contributed by atoms with Gasteiger partial charge in [-0.25, -0.2) is 0 Å². The van der Waals surface area contributed by atoms with Crippen molar-refractivity contribution in [3.63, 3.8) is 0 Å². The average molecular weight is 228 g/mol. The van der Waals surface area contributed by atoms with Crippen molar-refractivity contribution in [3.8, 4) is 0 Å². The van der Waals surface area contributed by atoms with Crippen molar-refractivity contribution in [2.24, 2.45) is 5.92 Å². The highest BCUT2D eigenvalue weighted by Crippen LogP contribution is 2.28. The number of aliphatic hydroxyl groups is 2. The van der Waals surface area contributed by atoms with Crippen LogP contribution in [0.25, 0.3) is 0 Å². The Kier molecular flexibility index (Phi) is 4.58. The quantitative estimate of drug-likeness (QED) is 0.624. The van der Waals surface area contributed by atoms with Crippen LogP contribution in [0, 0.1) is 5.92 Å². The van der Waals surface area contributed by atoms with Crippen LogP contribution in [0.2, 0.25) is 0 Å². The maximum Gasteiger partial charge on any atom is 0.0897 e. The van der Waals surface area contributed by atoms with Crippen molar-refractivity contribution in [1.82, 2.24) is 10.2 Å². The van der Waals surface area contributed by atoms with Crippen molar-refractivity contribution in [1.29, 1.82) is 0 Å². The maximum absolute atomic E-state index is 9.53. The lowest BCUT2D eigenvalue weighted by molar-refractivity contribution is 0.0440. The highest BCUT2D eigenvalue weighted by molar-refractivity contribution is 4.88. The van der Waals surface area contributed by atoms with Gasteiger partial charge in [-0.05, 0) is 51.2 Å². The molecule has 0 bridgehead atoms. The summed E-state index contributed by atoms with van der Waals surface area (Å²) < 4.78 is 0. The molecule has 3 atom stereocenters. The fourth-order valence-corrected chi connectivity index (χ4v) is 3.15. The highest BCUT2D eigenvalue weighted by atomic mass is 16.3. The summed E-state index contributed by atoms with van der Waals surface area (Å²) in [6, 6.07) is 0.619. The Morgan fingerprint density at radius 1 is 1.31 bits per heavy atom. The van der Waals surface area contributed by atoms with Crippen LogP contribution in [0.1, 0.15) is 25.7 Å². The summed E-state index contributed by atoms with van der Waals surface area (Å²) in [4.78, 5) is 2.37. The van der Waals surface area contributed by atoms with Crippen molar-refractivity contribution >= 4 is 0 Å². The van der Waals surface area contributed by atoms with Gasteiger partial charge in [-0.3, -0.25) is 4.90 Å². The summed E-state index contributed by atoms with van der Waals surface area (Å²) in [7, 11) is 0. The van der Waals surface area contributed by atoms with E-state index in [0.29, 0.717) is 12.6 Å². The van der Waals surface area contributed by atoms with E-state index in [1.807, 2.05) is 0 Å². The molecule has 2 heterocycles. The second-order valence-electron chi connectivity index (χ2n) is 5.15. The molecule has 4 heteroatoms. The van der Waals surface area contributed by atoms with Crippen LogP contribution < -0.4 is 5.32 Å². The Balaban J connectivity index is 1.86. The predicted molar refractivity (Wildman–Crippen MR) is 63.3 cm³/mol. The van der Waals surface area contributed by atoms with E-state index in [2.05, 4.69) is 10.2 Å². The van der Waals surface area contributed by atoms with Crippen molar-refractivity contribution < 1.29 is 10.2 Å². The highest BCUT2D eigenvalue weighted by Gasteiger charge is 2.32. The van der Waals surface area contributed by atoms with E-state index in [4.69, 9.17) is 5.11 Å². The van der Waals surface area contributed by atoms with Gasteiger partial charge in [0.05, 0.1) is 12.7 Å². The van der Waals surface area contributed by atoms with Crippen LogP contribution in [-0.2, 0) is 0 Å². The zero-order valence-electron chi connectivity index (χ0n) is 9.94. The predicted octanol–water partition coefficient (Wildman–Crippen LogP) is -0.196. The first-order chi connectivity index (χ1) is 7.81. The van der Waals surface area contributed by atoms with Crippen LogP contribution in [0.3, 0.4) is 0 Å². The molecule has 2 rings (SSSR count). The number of nitrogens with one attached hydrogen (secondary N) is 1. The van der Waals surface area contributed by atoms with Gasteiger partial charge in [-0.15, -0.1) is 0 Å². The molecule has 0 aromatic carbocycles. The second kappa shape index (κ2) is 5.96. The molecule has 0 spiro atoms. The number of hydrogen-bond acceptors (Lipinski definition) is 4. The van der Waals surface area contributed by atoms with Crippen LogP contribution in [0.5, 0.6) is 0 Å². The van der Waals surface area contributed by atoms with E-state index in [-0.39, 0.29) is 6.61 Å². The van der Waals surface area contributed by atoms with Crippen LogP contribution in [0.4, 0.5) is 0 Å². The zero-order chi connectivity index (χ0) is 11.4. The van der Waals surface area contributed by atoms with Gasteiger partial charge >= 0.3 is 0 Å². The van der Waals surface area contributed by atoms with E-state index in [0.717, 1.165) is 25.6 Å². The molecule has 2 aliphatic heterocycles. The molecule has 94 valence electrons. The molecule has 3 unspecified atom stereocenters. The topological polar surface area (TPSA) is 55.7 Å². The summed E-state index contributed by atoms with van der Waals surface area (Å²) >= 11 is 0. The van der Waals surface area contributed by atoms with E-state index < -0.39 is 6.10 Å². The Labute approximate surface area is 97.6 Å². The van der Waals surface area contributed by atoms with Crippen molar-refractivity contribution in [2.45, 2.75) is 37.8 Å². The lowest BCUT2D eigenvalue weighted by Crippen LogP contribution is -2.46. The number of nitrogens with zero attached hydrogens (tertiary/aromatic N) is 1. The van der Waals surface area contributed by atoms with Crippen LogP contribution in [-0.4, -0.2) is 60.0 Å². The summed E-state index contributed by atoms with van der Waals surface area (Å²) in [5.41, 5.74) is 0. The van der Waals surface area contributed by atoms with Crippen molar-refractivity contribution in [3.05, 3.63) is 0 Å².